The first-order valence-electron chi connectivity index (χ1n) is 22.9. The molecule has 8 rings (SSSR count). The highest BCUT2D eigenvalue weighted by molar-refractivity contribution is 5.92. The Morgan fingerprint density at radius 3 is 2.08 bits per heavy atom. The van der Waals surface area contributed by atoms with E-state index in [0.29, 0.717) is 38.1 Å². The highest BCUT2D eigenvalue weighted by atomic mass is 16.8. The number of ketones is 1. The van der Waals surface area contributed by atoms with Gasteiger partial charge in [0.2, 0.25) is 0 Å². The van der Waals surface area contributed by atoms with E-state index in [-0.39, 0.29) is 41.5 Å². The van der Waals surface area contributed by atoms with E-state index in [0.717, 1.165) is 32.1 Å². The van der Waals surface area contributed by atoms with Crippen LogP contribution in [0.4, 0.5) is 0 Å². The summed E-state index contributed by atoms with van der Waals surface area (Å²) in [5, 5.41) is 72.7. The second kappa shape index (κ2) is 18.3. The van der Waals surface area contributed by atoms with E-state index in [1.165, 1.54) is 14.0 Å². The van der Waals surface area contributed by atoms with Crippen LogP contribution in [0.5, 0.6) is 0 Å². The summed E-state index contributed by atoms with van der Waals surface area (Å²) in [4.78, 5) is 39.7. The molecule has 0 radical (unpaired) electrons. The lowest BCUT2D eigenvalue weighted by Gasteiger charge is -2.67. The molecule has 4 saturated heterocycles. The molecule has 19 nitrogen and oxygen atoms in total. The molecule has 0 aromatic heterocycles. The van der Waals surface area contributed by atoms with E-state index >= 15 is 0 Å². The summed E-state index contributed by atoms with van der Waals surface area (Å²) in [5.74, 6) is -0.0234. The van der Waals surface area contributed by atoms with Gasteiger partial charge < -0.3 is 78.4 Å². The van der Waals surface area contributed by atoms with E-state index in [9.17, 15) is 50.1 Å². The van der Waals surface area contributed by atoms with Crippen molar-refractivity contribution in [2.75, 3.05) is 26.9 Å². The van der Waals surface area contributed by atoms with E-state index in [2.05, 4.69) is 13.8 Å². The SMILES string of the molecule is CO[C@@H]1C[C@H](O[C@H]2CC[C@@]3(C)[C@@H](CC[C@]45CC[C@H]([C@H]6COC(=O)C6)[C@@](C)(CC[C@@H]43)C5=O)[C@H]2OC(C)=O)O[C@@H](C)[C@@H]1O[C@@H]1O[C@H](CO[C@@H]2O[C@H](CO)[C@@H](O)[C@H](O)[C@H]2O)[C@@H](O)[C@H](O)[C@H]1O. The van der Waals surface area contributed by atoms with Crippen molar-refractivity contribution in [3.8, 4) is 0 Å². The molecule has 4 aliphatic heterocycles. The quantitative estimate of drug-likeness (QED) is 0.103. The van der Waals surface area contributed by atoms with Gasteiger partial charge in [0.1, 0.15) is 66.8 Å². The van der Waals surface area contributed by atoms with E-state index in [4.69, 9.17) is 42.6 Å². The number of esters is 2. The van der Waals surface area contributed by atoms with Crippen molar-refractivity contribution in [1.82, 2.24) is 0 Å². The molecule has 0 unspecified atom stereocenters. The molecule has 4 heterocycles. The Labute approximate surface area is 366 Å². The zero-order chi connectivity index (χ0) is 45.3. The van der Waals surface area contributed by atoms with Crippen LogP contribution in [0.25, 0.3) is 0 Å². The molecule has 8 aliphatic rings. The Hall–Kier alpha value is -1.95. The predicted octanol–water partition coefficient (Wildman–Crippen LogP) is -0.382. The number of rotatable bonds is 11. The molecule has 2 bridgehead atoms. The monoisotopic (exact) mass is 900 g/mol. The molecule has 0 aromatic rings. The van der Waals surface area contributed by atoms with Gasteiger partial charge in [0.05, 0.1) is 44.6 Å². The minimum atomic E-state index is -1.75. The number of cyclic esters (lactones) is 1. The van der Waals surface area contributed by atoms with Crippen LogP contribution in [0, 0.1) is 39.9 Å². The van der Waals surface area contributed by atoms with Crippen LogP contribution in [0.3, 0.4) is 0 Å². The Morgan fingerprint density at radius 2 is 1.43 bits per heavy atom. The molecule has 0 aromatic carbocycles. The summed E-state index contributed by atoms with van der Waals surface area (Å²) in [6.45, 7) is 6.71. The highest BCUT2D eigenvalue weighted by Crippen LogP contribution is 2.70. The number of aliphatic hydroxyl groups excluding tert-OH is 7. The van der Waals surface area contributed by atoms with Gasteiger partial charge in [0.15, 0.2) is 18.9 Å². The number of ether oxygens (including phenoxy) is 9. The Morgan fingerprint density at radius 1 is 0.762 bits per heavy atom. The van der Waals surface area contributed by atoms with Gasteiger partial charge in [-0.05, 0) is 75.5 Å². The molecule has 1 spiro atoms. The lowest BCUT2D eigenvalue weighted by atomic mass is 9.36. The van der Waals surface area contributed by atoms with Crippen molar-refractivity contribution < 1.29 is 92.8 Å². The van der Waals surface area contributed by atoms with Gasteiger partial charge in [-0.2, -0.15) is 0 Å². The number of methoxy groups -OCH3 is 1. The van der Waals surface area contributed by atoms with Crippen molar-refractivity contribution in [2.45, 2.75) is 190 Å². The minimum Gasteiger partial charge on any atom is -0.465 e. The van der Waals surface area contributed by atoms with Crippen LogP contribution in [0.1, 0.15) is 91.9 Å². The third-order valence-corrected chi connectivity index (χ3v) is 16.8. The summed E-state index contributed by atoms with van der Waals surface area (Å²) in [7, 11) is 1.49. The van der Waals surface area contributed by atoms with Crippen LogP contribution < -0.4 is 0 Å². The predicted molar refractivity (Wildman–Crippen MR) is 212 cm³/mol. The first-order chi connectivity index (χ1) is 29.9. The summed E-state index contributed by atoms with van der Waals surface area (Å²) in [6.07, 6.45) is -13.4. The van der Waals surface area contributed by atoms with Gasteiger partial charge in [-0.25, -0.2) is 0 Å². The van der Waals surface area contributed by atoms with Gasteiger partial charge in [-0.3, -0.25) is 14.4 Å². The molecule has 7 N–H and O–H groups in total. The third kappa shape index (κ3) is 8.31. The number of hydrogen-bond donors (Lipinski definition) is 7. The zero-order valence-corrected chi connectivity index (χ0v) is 36.8. The average molecular weight is 901 g/mol. The van der Waals surface area contributed by atoms with Crippen molar-refractivity contribution in [1.29, 1.82) is 0 Å². The number of carbonyl (C=O) groups excluding carboxylic acids is 3. The number of fused-ring (bicyclic) bond motifs is 3. The molecule has 8 fully saturated rings. The molecule has 4 saturated carbocycles. The fourth-order valence-corrected chi connectivity index (χ4v) is 13.6. The van der Waals surface area contributed by atoms with E-state index < -0.39 is 128 Å². The Kier molecular flexibility index (Phi) is 13.8. The number of carbonyl (C=O) groups is 3. The smallest absolute Gasteiger partial charge is 0.306 e. The van der Waals surface area contributed by atoms with Gasteiger partial charge in [-0.15, -0.1) is 0 Å². The van der Waals surface area contributed by atoms with Crippen molar-refractivity contribution >= 4 is 17.7 Å². The average Bonchev–Trinajstić information content (AvgIpc) is 3.67. The molecule has 19 heteroatoms. The van der Waals surface area contributed by atoms with Crippen LogP contribution in [0.2, 0.25) is 0 Å². The summed E-state index contributed by atoms with van der Waals surface area (Å²) in [5.41, 5.74) is -1.26. The molecular weight excluding hydrogens is 832 g/mol. The topological polar surface area (TPSA) is 276 Å². The summed E-state index contributed by atoms with van der Waals surface area (Å²) in [6, 6.07) is 0. The second-order valence-electron chi connectivity index (χ2n) is 20.2. The second-order valence-corrected chi connectivity index (χ2v) is 20.2. The van der Waals surface area contributed by atoms with E-state index in [1.807, 2.05) is 0 Å². The minimum absolute atomic E-state index is 0.0637. The number of aliphatic hydroxyl groups is 7. The van der Waals surface area contributed by atoms with Crippen molar-refractivity contribution in [2.24, 2.45) is 39.9 Å². The highest BCUT2D eigenvalue weighted by Gasteiger charge is 2.70. The van der Waals surface area contributed by atoms with Crippen LogP contribution in [0.15, 0.2) is 0 Å². The molecule has 0 amide bonds. The third-order valence-electron chi connectivity index (χ3n) is 16.8. The number of hydrogen-bond acceptors (Lipinski definition) is 19. The zero-order valence-electron chi connectivity index (χ0n) is 36.8. The van der Waals surface area contributed by atoms with Gasteiger partial charge in [0.25, 0.3) is 0 Å². The van der Waals surface area contributed by atoms with Crippen molar-refractivity contribution in [3.05, 3.63) is 0 Å². The van der Waals surface area contributed by atoms with E-state index in [1.54, 1.807) is 6.92 Å². The Bertz CT molecular complexity index is 1670. The summed E-state index contributed by atoms with van der Waals surface area (Å²) >= 11 is 0. The molecule has 4 aliphatic carbocycles. The van der Waals surface area contributed by atoms with Crippen molar-refractivity contribution in [3.63, 3.8) is 0 Å². The molecular formula is C44H68O19. The lowest BCUT2D eigenvalue weighted by molar-refractivity contribution is -0.356. The molecule has 63 heavy (non-hydrogen) atoms. The van der Waals surface area contributed by atoms with Crippen LogP contribution in [-0.2, 0) is 57.0 Å². The maximum absolute atomic E-state index is 14.8. The van der Waals surface area contributed by atoms with Crippen LogP contribution >= 0.6 is 0 Å². The van der Waals surface area contributed by atoms with Crippen LogP contribution in [-0.4, -0.2) is 179 Å². The maximum atomic E-state index is 14.8. The van der Waals surface area contributed by atoms with Gasteiger partial charge in [0, 0.05) is 43.1 Å². The Balaban J connectivity index is 0.913. The first-order valence-corrected chi connectivity index (χ1v) is 22.9. The standard InChI is InChI=1S/C44H68O19/c1-19-37(63-40-36(53)34(51)32(49)27(62-40)18-57-39-35(52)33(50)31(48)26(16-45)61-39)25(55-5)15-30(58-19)60-24-8-10-42(3)23(38(24)59-20(2)46)7-13-44-12-6-22(21-14-29(47)56-17-21)43(4,41(44)54)11-9-28(42)44/h19,21-28,30-40,45,48-53H,6-18H2,1-5H3/t19-,21+,22+,23-,24-,25+,26+,27+,28+,30-,31+,32+,33-,34-,35+,36+,37-,38+,39+,40-,42-,43+,44+/m0/s1. The largest absolute Gasteiger partial charge is 0.465 e. The fraction of sp³-hybridized carbons (Fsp3) is 0.932. The molecule has 23 atom stereocenters. The molecule has 358 valence electrons. The number of Topliss-reactive ketones (excluding diaryl/α,β-unsaturated/α-hetero) is 1. The normalized spacial score (nSPS) is 52.4. The van der Waals surface area contributed by atoms with Gasteiger partial charge in [-0.1, -0.05) is 13.8 Å². The fourth-order valence-electron chi connectivity index (χ4n) is 13.6. The van der Waals surface area contributed by atoms with Gasteiger partial charge >= 0.3 is 11.9 Å². The maximum Gasteiger partial charge on any atom is 0.306 e. The lowest BCUT2D eigenvalue weighted by Crippen LogP contribution is -2.67. The first kappa shape index (κ1) is 47.5. The summed E-state index contributed by atoms with van der Waals surface area (Å²) < 4.78 is 53.5.